The van der Waals surface area contributed by atoms with Crippen molar-refractivity contribution in [2.75, 3.05) is 5.75 Å². The number of halogens is 3. The van der Waals surface area contributed by atoms with Crippen molar-refractivity contribution in [1.82, 2.24) is 9.88 Å². The number of thioether (sulfide) groups is 1. The third kappa shape index (κ3) is 4.59. The van der Waals surface area contributed by atoms with E-state index in [-0.39, 0.29) is 17.0 Å². The molecule has 0 radical (unpaired) electrons. The molecule has 4 rings (SSSR count). The number of benzene rings is 2. The van der Waals surface area contributed by atoms with E-state index in [9.17, 15) is 18.0 Å². The molecule has 1 unspecified atom stereocenters. The van der Waals surface area contributed by atoms with Gasteiger partial charge in [0.1, 0.15) is 16.9 Å². The van der Waals surface area contributed by atoms with E-state index in [0.717, 1.165) is 23.4 Å². The minimum atomic E-state index is -4.44. The molecular formula is C22H17F3N2O2S. The lowest BCUT2D eigenvalue weighted by molar-refractivity contribution is -0.137. The largest absolute Gasteiger partial charge is 0.457 e. The first-order valence-electron chi connectivity index (χ1n) is 9.16. The molecule has 1 saturated heterocycles. The van der Waals surface area contributed by atoms with Crippen molar-refractivity contribution in [3.05, 3.63) is 89.7 Å². The Labute approximate surface area is 175 Å². The van der Waals surface area contributed by atoms with E-state index in [0.29, 0.717) is 18.0 Å². The van der Waals surface area contributed by atoms with Crippen LogP contribution in [0.1, 0.15) is 22.2 Å². The summed E-state index contributed by atoms with van der Waals surface area (Å²) in [5.74, 6) is 0.878. The fourth-order valence-electron chi connectivity index (χ4n) is 3.17. The van der Waals surface area contributed by atoms with Crippen LogP contribution in [0.4, 0.5) is 13.2 Å². The first kappa shape index (κ1) is 20.3. The average molecular weight is 430 g/mol. The van der Waals surface area contributed by atoms with Gasteiger partial charge in [-0.05, 0) is 48.0 Å². The zero-order chi connectivity index (χ0) is 21.1. The fourth-order valence-corrected chi connectivity index (χ4v) is 4.35. The molecule has 1 amide bonds. The maximum absolute atomic E-state index is 12.9. The van der Waals surface area contributed by atoms with Crippen molar-refractivity contribution >= 4 is 17.7 Å². The van der Waals surface area contributed by atoms with Crippen LogP contribution < -0.4 is 4.74 Å². The molecule has 2 aromatic carbocycles. The monoisotopic (exact) mass is 430 g/mol. The molecule has 0 aliphatic carbocycles. The molecule has 2 heterocycles. The summed E-state index contributed by atoms with van der Waals surface area (Å²) in [6, 6.07) is 17.4. The molecular weight excluding hydrogens is 413 g/mol. The topological polar surface area (TPSA) is 42.4 Å². The minimum Gasteiger partial charge on any atom is -0.457 e. The number of amides is 1. The number of aromatic nitrogens is 1. The highest BCUT2D eigenvalue weighted by Gasteiger charge is 2.33. The van der Waals surface area contributed by atoms with E-state index < -0.39 is 11.7 Å². The number of rotatable bonds is 5. The molecule has 0 saturated carbocycles. The van der Waals surface area contributed by atoms with Crippen molar-refractivity contribution in [3.63, 3.8) is 0 Å². The lowest BCUT2D eigenvalue weighted by Gasteiger charge is -2.24. The highest BCUT2D eigenvalue weighted by Crippen LogP contribution is 2.41. The summed E-state index contributed by atoms with van der Waals surface area (Å²) in [5.41, 5.74) is 0.857. The molecule has 4 nitrogen and oxygen atoms in total. The predicted octanol–water partition coefficient (Wildman–Crippen LogP) is 5.67. The zero-order valence-electron chi connectivity index (χ0n) is 15.7. The summed E-state index contributed by atoms with van der Waals surface area (Å²) >= 11 is 1.50. The third-order valence-corrected chi connectivity index (χ3v) is 5.82. The fraction of sp³-hybridized carbons (Fsp3) is 0.182. The van der Waals surface area contributed by atoms with Crippen molar-refractivity contribution in [3.8, 4) is 11.5 Å². The van der Waals surface area contributed by atoms with Gasteiger partial charge in [-0.2, -0.15) is 13.2 Å². The smallest absolute Gasteiger partial charge is 0.416 e. The Morgan fingerprint density at radius 3 is 2.53 bits per heavy atom. The second-order valence-corrected chi connectivity index (χ2v) is 7.77. The van der Waals surface area contributed by atoms with Crippen LogP contribution in [0.15, 0.2) is 72.9 Å². The van der Waals surface area contributed by atoms with Gasteiger partial charge in [-0.1, -0.05) is 24.3 Å². The summed E-state index contributed by atoms with van der Waals surface area (Å²) < 4.78 is 44.5. The van der Waals surface area contributed by atoms with Gasteiger partial charge in [0, 0.05) is 6.20 Å². The Hall–Kier alpha value is -3.00. The van der Waals surface area contributed by atoms with Gasteiger partial charge in [0.25, 0.3) is 0 Å². The predicted molar refractivity (Wildman–Crippen MR) is 108 cm³/mol. The summed E-state index contributed by atoms with van der Waals surface area (Å²) in [7, 11) is 0. The molecule has 0 spiro atoms. The van der Waals surface area contributed by atoms with E-state index in [1.807, 2.05) is 24.3 Å². The molecule has 30 heavy (non-hydrogen) atoms. The number of hydrogen-bond acceptors (Lipinski definition) is 4. The Morgan fingerprint density at radius 1 is 1.03 bits per heavy atom. The first-order valence-corrected chi connectivity index (χ1v) is 10.2. The second-order valence-electron chi connectivity index (χ2n) is 6.71. The summed E-state index contributed by atoms with van der Waals surface area (Å²) in [4.78, 5) is 18.4. The van der Waals surface area contributed by atoms with Gasteiger partial charge in [0.2, 0.25) is 5.91 Å². The highest BCUT2D eigenvalue weighted by atomic mass is 32.2. The van der Waals surface area contributed by atoms with E-state index in [2.05, 4.69) is 4.98 Å². The molecule has 154 valence electrons. The van der Waals surface area contributed by atoms with Gasteiger partial charge in [-0.25, -0.2) is 0 Å². The van der Waals surface area contributed by atoms with Crippen molar-refractivity contribution in [1.29, 1.82) is 0 Å². The Morgan fingerprint density at radius 2 is 1.80 bits per heavy atom. The summed E-state index contributed by atoms with van der Waals surface area (Å²) in [6.45, 7) is 0.385. The van der Waals surface area contributed by atoms with E-state index in [1.165, 1.54) is 23.9 Å². The van der Waals surface area contributed by atoms with Crippen LogP contribution in [-0.2, 0) is 17.5 Å². The highest BCUT2D eigenvalue weighted by molar-refractivity contribution is 8.00. The number of carbonyl (C=O) groups excluding carboxylic acids is 1. The molecule has 8 heteroatoms. The quantitative estimate of drug-likeness (QED) is 0.523. The van der Waals surface area contributed by atoms with Gasteiger partial charge in [-0.3, -0.25) is 9.78 Å². The minimum absolute atomic E-state index is 0.0138. The molecule has 0 N–H and O–H groups in total. The van der Waals surface area contributed by atoms with Gasteiger partial charge in [-0.15, -0.1) is 11.8 Å². The van der Waals surface area contributed by atoms with E-state index in [1.54, 1.807) is 29.3 Å². The Balaban J connectivity index is 1.55. The number of carbonyl (C=O) groups is 1. The van der Waals surface area contributed by atoms with Gasteiger partial charge >= 0.3 is 6.18 Å². The van der Waals surface area contributed by atoms with Crippen molar-refractivity contribution in [2.45, 2.75) is 18.1 Å². The normalized spacial score (nSPS) is 16.7. The number of ether oxygens (including phenoxy) is 1. The van der Waals surface area contributed by atoms with Crippen LogP contribution >= 0.6 is 11.8 Å². The number of nitrogens with zero attached hydrogens (tertiary/aromatic N) is 2. The van der Waals surface area contributed by atoms with E-state index >= 15 is 0 Å². The van der Waals surface area contributed by atoms with Crippen molar-refractivity contribution < 1.29 is 22.7 Å². The average Bonchev–Trinajstić information content (AvgIpc) is 3.09. The number of alkyl halides is 3. The summed E-state index contributed by atoms with van der Waals surface area (Å²) in [6.07, 6.45) is -2.75. The molecule has 1 atom stereocenters. The number of pyridine rings is 1. The van der Waals surface area contributed by atoms with Crippen LogP contribution in [-0.4, -0.2) is 21.5 Å². The van der Waals surface area contributed by atoms with E-state index in [4.69, 9.17) is 4.74 Å². The lowest BCUT2D eigenvalue weighted by atomic mass is 10.2. The maximum Gasteiger partial charge on any atom is 0.416 e. The van der Waals surface area contributed by atoms with Crippen LogP contribution in [0.5, 0.6) is 11.5 Å². The maximum atomic E-state index is 12.9. The van der Waals surface area contributed by atoms with Crippen LogP contribution in [0, 0.1) is 0 Å². The van der Waals surface area contributed by atoms with Gasteiger partial charge in [0.05, 0.1) is 23.6 Å². The van der Waals surface area contributed by atoms with Crippen molar-refractivity contribution in [2.24, 2.45) is 0 Å². The molecule has 1 aromatic heterocycles. The first-order chi connectivity index (χ1) is 14.4. The molecule has 1 aliphatic heterocycles. The van der Waals surface area contributed by atoms with Crippen LogP contribution in [0.2, 0.25) is 0 Å². The van der Waals surface area contributed by atoms with Crippen LogP contribution in [0.25, 0.3) is 0 Å². The standard InChI is InChI=1S/C22H17F3N2O2S/c23-22(24,25)16-6-4-9-19(12-16)29-18-8-3-5-15(11-18)21-27(20(28)14-30-21)13-17-7-1-2-10-26-17/h1-12,21H,13-14H2. The summed E-state index contributed by atoms with van der Waals surface area (Å²) in [5, 5.41) is -0.218. The molecule has 3 aromatic rings. The molecule has 1 aliphatic rings. The Kier molecular flexibility index (Phi) is 5.67. The Bertz CT molecular complexity index is 1040. The molecule has 1 fully saturated rings. The SMILES string of the molecule is O=C1CSC(c2cccc(Oc3cccc(C(F)(F)F)c3)c2)N1Cc1ccccn1. The van der Waals surface area contributed by atoms with Gasteiger partial charge < -0.3 is 9.64 Å². The molecule has 0 bridgehead atoms. The second kappa shape index (κ2) is 8.39. The third-order valence-electron chi connectivity index (χ3n) is 4.57. The van der Waals surface area contributed by atoms with Gasteiger partial charge in [0.15, 0.2) is 0 Å². The number of hydrogen-bond donors (Lipinski definition) is 0. The zero-order valence-corrected chi connectivity index (χ0v) is 16.5. The van der Waals surface area contributed by atoms with Crippen LogP contribution in [0.3, 0.4) is 0 Å². The lowest BCUT2D eigenvalue weighted by Crippen LogP contribution is -2.28.